The summed E-state index contributed by atoms with van der Waals surface area (Å²) in [6, 6.07) is 0. The van der Waals surface area contributed by atoms with Gasteiger partial charge in [0.25, 0.3) is 11.8 Å². The van der Waals surface area contributed by atoms with E-state index in [0.29, 0.717) is 17.4 Å². The minimum Gasteiger partial charge on any atom is -0.349 e. The van der Waals surface area contributed by atoms with E-state index >= 15 is 0 Å². The SMILES string of the molecule is Cc1nc(C(=O)N2CCC3(CCc4nnc(C(=O)NCC5CC5)n4C3)CC2)cs1. The number of rotatable bonds is 4. The predicted octanol–water partition coefficient (Wildman–Crippen LogP) is 2.05. The number of aryl methyl sites for hydroxylation is 2. The van der Waals surface area contributed by atoms with E-state index in [9.17, 15) is 9.59 Å². The molecular weight excluding hydrogens is 388 g/mol. The first-order chi connectivity index (χ1) is 14.0. The standard InChI is InChI=1S/C20H26N6O2S/c1-13-22-15(11-29-13)19(28)25-8-6-20(7-9-25)5-4-16-23-24-17(26(16)12-20)18(27)21-10-14-2-3-14/h11,14H,2-10,12H2,1H3,(H,21,27). The Kier molecular flexibility index (Phi) is 4.64. The zero-order valence-electron chi connectivity index (χ0n) is 16.7. The average molecular weight is 415 g/mol. The van der Waals surface area contributed by atoms with Crippen LogP contribution in [0.2, 0.25) is 0 Å². The van der Waals surface area contributed by atoms with Gasteiger partial charge < -0.3 is 14.8 Å². The van der Waals surface area contributed by atoms with Crippen LogP contribution in [-0.4, -0.2) is 56.1 Å². The van der Waals surface area contributed by atoms with Crippen molar-refractivity contribution in [2.45, 2.75) is 52.0 Å². The summed E-state index contributed by atoms with van der Waals surface area (Å²) in [4.78, 5) is 31.6. The lowest BCUT2D eigenvalue weighted by Crippen LogP contribution is -2.47. The minimum absolute atomic E-state index is 0.0325. The van der Waals surface area contributed by atoms with Gasteiger partial charge in [-0.3, -0.25) is 9.59 Å². The highest BCUT2D eigenvalue weighted by Gasteiger charge is 2.41. The van der Waals surface area contributed by atoms with Crippen LogP contribution in [0.1, 0.15) is 64.0 Å². The van der Waals surface area contributed by atoms with Crippen LogP contribution in [0.25, 0.3) is 0 Å². The molecule has 1 aliphatic carbocycles. The zero-order valence-corrected chi connectivity index (χ0v) is 17.5. The highest BCUT2D eigenvalue weighted by atomic mass is 32.1. The smallest absolute Gasteiger partial charge is 0.289 e. The number of likely N-dealkylation sites (tertiary alicyclic amines) is 1. The van der Waals surface area contributed by atoms with Gasteiger partial charge in [-0.05, 0) is 50.4 Å². The fraction of sp³-hybridized carbons (Fsp3) is 0.650. The quantitative estimate of drug-likeness (QED) is 0.827. The fourth-order valence-corrected chi connectivity index (χ4v) is 5.09. The van der Waals surface area contributed by atoms with Gasteiger partial charge in [0, 0.05) is 38.0 Å². The zero-order chi connectivity index (χ0) is 20.0. The number of carbonyl (C=O) groups excluding carboxylic acids is 2. The number of hydrogen-bond donors (Lipinski definition) is 1. The van der Waals surface area contributed by atoms with Crippen molar-refractivity contribution >= 4 is 23.2 Å². The Labute approximate surface area is 173 Å². The summed E-state index contributed by atoms with van der Waals surface area (Å²) < 4.78 is 2.02. The van der Waals surface area contributed by atoms with E-state index in [1.807, 2.05) is 21.8 Å². The Morgan fingerprint density at radius 2 is 2.03 bits per heavy atom. The molecular formula is C20H26N6O2S. The van der Waals surface area contributed by atoms with Gasteiger partial charge in [0.05, 0.1) is 5.01 Å². The second kappa shape index (κ2) is 7.19. The summed E-state index contributed by atoms with van der Waals surface area (Å²) in [7, 11) is 0. The molecule has 5 rings (SSSR count). The third-order valence-electron chi connectivity index (χ3n) is 6.60. The van der Waals surface area contributed by atoms with Crippen LogP contribution in [0.15, 0.2) is 5.38 Å². The van der Waals surface area contributed by atoms with E-state index in [4.69, 9.17) is 0 Å². The molecule has 2 aliphatic heterocycles. The average Bonchev–Trinajstić information content (AvgIpc) is 3.31. The maximum atomic E-state index is 12.7. The van der Waals surface area contributed by atoms with Crippen LogP contribution in [0.3, 0.4) is 0 Å². The Balaban J connectivity index is 1.25. The van der Waals surface area contributed by atoms with Crippen LogP contribution in [0.4, 0.5) is 0 Å². The molecule has 2 fully saturated rings. The molecule has 0 aromatic carbocycles. The number of piperidine rings is 1. The topological polar surface area (TPSA) is 93.0 Å². The number of hydrogen-bond acceptors (Lipinski definition) is 6. The lowest BCUT2D eigenvalue weighted by atomic mass is 9.73. The van der Waals surface area contributed by atoms with E-state index in [2.05, 4.69) is 20.5 Å². The first kappa shape index (κ1) is 18.7. The van der Waals surface area contributed by atoms with Crippen molar-refractivity contribution in [3.05, 3.63) is 27.7 Å². The Hall–Kier alpha value is -2.29. The molecule has 1 N–H and O–H groups in total. The fourth-order valence-electron chi connectivity index (χ4n) is 4.50. The summed E-state index contributed by atoms with van der Waals surface area (Å²) >= 11 is 1.51. The first-order valence-corrected chi connectivity index (χ1v) is 11.3. The predicted molar refractivity (Wildman–Crippen MR) is 108 cm³/mol. The van der Waals surface area contributed by atoms with Crippen molar-refractivity contribution in [2.75, 3.05) is 19.6 Å². The molecule has 154 valence electrons. The van der Waals surface area contributed by atoms with Crippen LogP contribution >= 0.6 is 11.3 Å². The summed E-state index contributed by atoms with van der Waals surface area (Å²) in [6.07, 6.45) is 6.15. The molecule has 0 atom stereocenters. The number of nitrogens with zero attached hydrogens (tertiary/aromatic N) is 5. The molecule has 1 saturated carbocycles. The van der Waals surface area contributed by atoms with Gasteiger partial charge >= 0.3 is 0 Å². The Morgan fingerprint density at radius 3 is 2.72 bits per heavy atom. The van der Waals surface area contributed by atoms with Crippen molar-refractivity contribution in [3.8, 4) is 0 Å². The molecule has 1 saturated heterocycles. The van der Waals surface area contributed by atoms with Crippen molar-refractivity contribution in [1.29, 1.82) is 0 Å². The van der Waals surface area contributed by atoms with E-state index in [0.717, 1.165) is 62.7 Å². The monoisotopic (exact) mass is 414 g/mol. The number of nitrogens with one attached hydrogen (secondary N) is 1. The van der Waals surface area contributed by atoms with Gasteiger partial charge in [-0.25, -0.2) is 4.98 Å². The van der Waals surface area contributed by atoms with Crippen molar-refractivity contribution in [2.24, 2.45) is 11.3 Å². The molecule has 2 amide bonds. The molecule has 0 bridgehead atoms. The largest absolute Gasteiger partial charge is 0.349 e. The Morgan fingerprint density at radius 1 is 1.24 bits per heavy atom. The summed E-state index contributed by atoms with van der Waals surface area (Å²) in [5.74, 6) is 1.90. The lowest BCUT2D eigenvalue weighted by Gasteiger charge is -2.44. The molecule has 0 radical (unpaired) electrons. The van der Waals surface area contributed by atoms with Gasteiger partial charge in [-0.1, -0.05) is 0 Å². The van der Waals surface area contributed by atoms with Crippen LogP contribution < -0.4 is 5.32 Å². The number of aromatic nitrogens is 4. The lowest BCUT2D eigenvalue weighted by molar-refractivity contribution is 0.0461. The number of amides is 2. The second-order valence-electron chi connectivity index (χ2n) is 8.72. The summed E-state index contributed by atoms with van der Waals surface area (Å²) in [5.41, 5.74) is 0.665. The van der Waals surface area contributed by atoms with E-state index in [1.165, 1.54) is 24.2 Å². The molecule has 3 aliphatic rings. The number of carbonyl (C=O) groups is 2. The van der Waals surface area contributed by atoms with E-state index < -0.39 is 0 Å². The van der Waals surface area contributed by atoms with Crippen LogP contribution in [-0.2, 0) is 13.0 Å². The van der Waals surface area contributed by atoms with Crippen LogP contribution in [0, 0.1) is 18.3 Å². The Bertz CT molecular complexity index is 939. The molecule has 8 nitrogen and oxygen atoms in total. The van der Waals surface area contributed by atoms with Gasteiger partial charge in [0.15, 0.2) is 0 Å². The van der Waals surface area contributed by atoms with Crippen molar-refractivity contribution < 1.29 is 9.59 Å². The molecule has 2 aromatic heterocycles. The number of thiazole rings is 1. The summed E-state index contributed by atoms with van der Waals surface area (Å²) in [6.45, 7) is 4.88. The normalized spacial score (nSPS) is 20.5. The van der Waals surface area contributed by atoms with E-state index in [-0.39, 0.29) is 17.2 Å². The van der Waals surface area contributed by atoms with Crippen molar-refractivity contribution in [1.82, 2.24) is 30.0 Å². The maximum Gasteiger partial charge on any atom is 0.289 e. The van der Waals surface area contributed by atoms with E-state index in [1.54, 1.807) is 0 Å². The maximum absolute atomic E-state index is 12.7. The molecule has 2 aromatic rings. The molecule has 29 heavy (non-hydrogen) atoms. The van der Waals surface area contributed by atoms with Crippen LogP contribution in [0.5, 0.6) is 0 Å². The molecule has 1 spiro atoms. The number of fused-ring (bicyclic) bond motifs is 1. The molecule has 0 unspecified atom stereocenters. The molecule has 4 heterocycles. The minimum atomic E-state index is -0.112. The third kappa shape index (κ3) is 3.68. The highest BCUT2D eigenvalue weighted by molar-refractivity contribution is 7.09. The third-order valence-corrected chi connectivity index (χ3v) is 7.37. The first-order valence-electron chi connectivity index (χ1n) is 10.4. The molecule has 9 heteroatoms. The van der Waals surface area contributed by atoms with Gasteiger partial charge in [0.2, 0.25) is 5.82 Å². The highest BCUT2D eigenvalue weighted by Crippen LogP contribution is 2.41. The second-order valence-corrected chi connectivity index (χ2v) is 9.79. The van der Waals surface area contributed by atoms with Crippen molar-refractivity contribution in [3.63, 3.8) is 0 Å². The van der Waals surface area contributed by atoms with Gasteiger partial charge in [-0.15, -0.1) is 21.5 Å². The van der Waals surface area contributed by atoms with Gasteiger partial charge in [-0.2, -0.15) is 0 Å². The summed E-state index contributed by atoms with van der Waals surface area (Å²) in [5, 5.41) is 14.2. The van der Waals surface area contributed by atoms with Gasteiger partial charge in [0.1, 0.15) is 11.5 Å².